The van der Waals surface area contributed by atoms with Crippen LogP contribution < -0.4 is 4.90 Å². The van der Waals surface area contributed by atoms with Gasteiger partial charge in [-0.25, -0.2) is 0 Å². The third-order valence-corrected chi connectivity index (χ3v) is 13.5. The summed E-state index contributed by atoms with van der Waals surface area (Å²) in [7, 11) is 0. The standard InChI is InChI=1S/C58H51N/c1-7-40-26-28-43(29-27-40)59(45-30-32-50-49-24-16-17-25-52(49)57(5,6)55(50)37-45)44-31-34-53-51(36-44)56-39(4)47(48-23-15-14-22-46(48)38(2)3)33-35-54(56)58(53,41-18-10-8-11-19-41)42-20-12-9-13-21-42/h8-38H,7H2,1-6H3. The predicted octanol–water partition coefficient (Wildman–Crippen LogP) is 15.5. The molecule has 8 aromatic carbocycles. The van der Waals surface area contributed by atoms with Crippen LogP contribution in [-0.4, -0.2) is 0 Å². The molecule has 0 unspecified atom stereocenters. The highest BCUT2D eigenvalue weighted by Gasteiger charge is 2.47. The van der Waals surface area contributed by atoms with Gasteiger partial charge in [0, 0.05) is 22.5 Å². The number of hydrogen-bond donors (Lipinski definition) is 0. The number of anilines is 3. The fraction of sp³-hybridized carbons (Fsp3) is 0.172. The molecule has 2 aliphatic rings. The van der Waals surface area contributed by atoms with E-state index in [1.54, 1.807) is 0 Å². The summed E-state index contributed by atoms with van der Waals surface area (Å²) in [6.07, 6.45) is 1.00. The van der Waals surface area contributed by atoms with E-state index in [1.165, 1.54) is 89.1 Å². The van der Waals surface area contributed by atoms with E-state index in [1.807, 2.05) is 0 Å². The molecule has 0 aliphatic heterocycles. The van der Waals surface area contributed by atoms with Crippen LogP contribution in [-0.2, 0) is 17.3 Å². The van der Waals surface area contributed by atoms with Crippen LogP contribution >= 0.6 is 0 Å². The van der Waals surface area contributed by atoms with E-state index in [9.17, 15) is 0 Å². The van der Waals surface area contributed by atoms with Crippen LogP contribution in [0.5, 0.6) is 0 Å². The second kappa shape index (κ2) is 14.1. The molecule has 0 heterocycles. The molecule has 59 heavy (non-hydrogen) atoms. The molecule has 0 N–H and O–H groups in total. The highest BCUT2D eigenvalue weighted by atomic mass is 15.1. The smallest absolute Gasteiger partial charge is 0.0713 e. The first-order chi connectivity index (χ1) is 28.7. The zero-order chi connectivity index (χ0) is 40.5. The molecule has 0 bridgehead atoms. The first-order valence-corrected chi connectivity index (χ1v) is 21.4. The number of hydrogen-bond acceptors (Lipinski definition) is 1. The predicted molar refractivity (Wildman–Crippen MR) is 250 cm³/mol. The average molecular weight is 762 g/mol. The number of aryl methyl sites for hydroxylation is 1. The quantitative estimate of drug-likeness (QED) is 0.149. The zero-order valence-corrected chi connectivity index (χ0v) is 35.1. The van der Waals surface area contributed by atoms with Crippen molar-refractivity contribution in [1.82, 2.24) is 0 Å². The maximum absolute atomic E-state index is 2.49. The lowest BCUT2D eigenvalue weighted by Crippen LogP contribution is -2.28. The van der Waals surface area contributed by atoms with E-state index >= 15 is 0 Å². The van der Waals surface area contributed by atoms with Gasteiger partial charge >= 0.3 is 0 Å². The van der Waals surface area contributed by atoms with Crippen LogP contribution in [0.4, 0.5) is 17.1 Å². The Hall–Kier alpha value is -6.44. The van der Waals surface area contributed by atoms with Gasteiger partial charge in [0.05, 0.1) is 5.41 Å². The normalized spacial score (nSPS) is 14.1. The fourth-order valence-corrected chi connectivity index (χ4v) is 10.6. The van der Waals surface area contributed by atoms with Gasteiger partial charge in [0.15, 0.2) is 0 Å². The summed E-state index contributed by atoms with van der Waals surface area (Å²) in [5.74, 6) is 0.406. The minimum absolute atomic E-state index is 0.110. The summed E-state index contributed by atoms with van der Waals surface area (Å²) in [5, 5.41) is 0. The number of fused-ring (bicyclic) bond motifs is 6. The number of nitrogens with zero attached hydrogens (tertiary/aromatic N) is 1. The molecule has 1 heteroatoms. The van der Waals surface area contributed by atoms with Gasteiger partial charge in [0.2, 0.25) is 0 Å². The summed E-state index contributed by atoms with van der Waals surface area (Å²) in [6.45, 7) is 13.9. The van der Waals surface area contributed by atoms with Crippen LogP contribution in [0.1, 0.15) is 90.6 Å². The summed E-state index contributed by atoms with van der Waals surface area (Å²) in [5.41, 5.74) is 22.8. The van der Waals surface area contributed by atoms with Crippen molar-refractivity contribution in [3.63, 3.8) is 0 Å². The van der Waals surface area contributed by atoms with E-state index in [4.69, 9.17) is 0 Å². The molecule has 0 fully saturated rings. The van der Waals surface area contributed by atoms with Gasteiger partial charge in [-0.05, 0) is 139 Å². The van der Waals surface area contributed by atoms with Crippen LogP contribution in [0, 0.1) is 6.92 Å². The van der Waals surface area contributed by atoms with Crippen LogP contribution in [0.3, 0.4) is 0 Å². The third-order valence-electron chi connectivity index (χ3n) is 13.5. The molecule has 8 aromatic rings. The second-order valence-corrected chi connectivity index (χ2v) is 17.4. The Labute approximate surface area is 350 Å². The lowest BCUT2D eigenvalue weighted by Gasteiger charge is -2.34. The Morgan fingerprint density at radius 2 is 1.00 bits per heavy atom. The number of benzene rings is 8. The first kappa shape index (κ1) is 36.9. The largest absolute Gasteiger partial charge is 0.310 e. The van der Waals surface area contributed by atoms with Gasteiger partial charge in [0.1, 0.15) is 0 Å². The van der Waals surface area contributed by atoms with Gasteiger partial charge in [0.25, 0.3) is 0 Å². The molecule has 0 spiro atoms. The first-order valence-electron chi connectivity index (χ1n) is 21.4. The monoisotopic (exact) mass is 761 g/mol. The van der Waals surface area contributed by atoms with E-state index < -0.39 is 5.41 Å². The Balaban J connectivity index is 1.25. The lowest BCUT2D eigenvalue weighted by molar-refractivity contribution is 0.660. The Bertz CT molecular complexity index is 2820. The minimum Gasteiger partial charge on any atom is -0.310 e. The maximum Gasteiger partial charge on any atom is 0.0713 e. The summed E-state index contributed by atoms with van der Waals surface area (Å²) >= 11 is 0. The van der Waals surface area contributed by atoms with Crippen molar-refractivity contribution in [2.45, 2.75) is 64.7 Å². The van der Waals surface area contributed by atoms with Gasteiger partial charge in [-0.3, -0.25) is 0 Å². The third kappa shape index (κ3) is 5.59. The van der Waals surface area contributed by atoms with Crippen molar-refractivity contribution >= 4 is 17.1 Å². The summed E-state index contributed by atoms with van der Waals surface area (Å²) in [4.78, 5) is 2.48. The average Bonchev–Trinajstić information content (AvgIpc) is 3.70. The SMILES string of the molecule is CCc1ccc(N(c2ccc3c(c2)-c2c(ccc(-c4ccccc4C(C)C)c2C)C3(c2ccccc2)c2ccccc2)c2ccc3c(c2)C(C)(C)c2ccccc2-3)cc1. The van der Waals surface area contributed by atoms with Crippen LogP contribution in [0.25, 0.3) is 33.4 Å². The van der Waals surface area contributed by atoms with Crippen molar-refractivity contribution in [3.8, 4) is 33.4 Å². The van der Waals surface area contributed by atoms with Crippen LogP contribution in [0.2, 0.25) is 0 Å². The second-order valence-electron chi connectivity index (χ2n) is 17.4. The Morgan fingerprint density at radius 3 is 1.68 bits per heavy atom. The van der Waals surface area contributed by atoms with Gasteiger partial charge in [-0.15, -0.1) is 0 Å². The molecule has 2 aliphatic carbocycles. The zero-order valence-electron chi connectivity index (χ0n) is 35.1. The van der Waals surface area contributed by atoms with E-state index in [-0.39, 0.29) is 5.41 Å². The topological polar surface area (TPSA) is 3.24 Å². The van der Waals surface area contributed by atoms with E-state index in [0.717, 1.165) is 17.8 Å². The Kier molecular flexibility index (Phi) is 8.83. The van der Waals surface area contributed by atoms with Gasteiger partial charge < -0.3 is 4.90 Å². The minimum atomic E-state index is -0.496. The molecule has 0 radical (unpaired) electrons. The van der Waals surface area contributed by atoms with Crippen molar-refractivity contribution in [2.24, 2.45) is 0 Å². The number of rotatable bonds is 8. The summed E-state index contributed by atoms with van der Waals surface area (Å²) < 4.78 is 0. The lowest BCUT2D eigenvalue weighted by atomic mass is 9.67. The van der Waals surface area contributed by atoms with Gasteiger partial charge in [-0.2, -0.15) is 0 Å². The molecular weight excluding hydrogens is 711 g/mol. The van der Waals surface area contributed by atoms with Crippen molar-refractivity contribution in [2.75, 3.05) is 4.90 Å². The molecule has 288 valence electrons. The summed E-state index contributed by atoms with van der Waals surface area (Å²) in [6, 6.07) is 68.7. The van der Waals surface area contributed by atoms with E-state index in [2.05, 4.69) is 228 Å². The van der Waals surface area contributed by atoms with Crippen molar-refractivity contribution in [1.29, 1.82) is 0 Å². The molecule has 1 nitrogen and oxygen atoms in total. The molecule has 0 saturated carbocycles. The molecule has 0 saturated heterocycles. The maximum atomic E-state index is 2.49. The molecular formula is C58H51N. The highest BCUT2D eigenvalue weighted by molar-refractivity contribution is 5.95. The molecule has 0 aromatic heterocycles. The Morgan fingerprint density at radius 1 is 0.458 bits per heavy atom. The molecule has 0 atom stereocenters. The van der Waals surface area contributed by atoms with E-state index in [0.29, 0.717) is 5.92 Å². The van der Waals surface area contributed by atoms with Crippen LogP contribution in [0.15, 0.2) is 182 Å². The van der Waals surface area contributed by atoms with Crippen molar-refractivity contribution < 1.29 is 0 Å². The van der Waals surface area contributed by atoms with Crippen molar-refractivity contribution in [3.05, 3.63) is 232 Å². The molecule has 0 amide bonds. The molecule has 10 rings (SSSR count). The highest BCUT2D eigenvalue weighted by Crippen LogP contribution is 2.59. The fourth-order valence-electron chi connectivity index (χ4n) is 10.6. The van der Waals surface area contributed by atoms with Gasteiger partial charge in [-0.1, -0.05) is 180 Å².